The molecule has 0 amide bonds. The fraction of sp³-hybridized carbons (Fsp3) is 0.171. The topological polar surface area (TPSA) is 40.0 Å². The average molecular weight is 615 g/mol. The zero-order valence-electron chi connectivity index (χ0n) is 25.4. The van der Waals surface area contributed by atoms with Gasteiger partial charge in [-0.3, -0.25) is 0 Å². The summed E-state index contributed by atoms with van der Waals surface area (Å²) in [6, 6.07) is 40.9. The second kappa shape index (κ2) is 11.5. The van der Waals surface area contributed by atoms with Crippen molar-refractivity contribution >= 4 is 29.1 Å². The number of amidine groups is 2. The Morgan fingerprint density at radius 1 is 0.674 bits per heavy atom. The van der Waals surface area contributed by atoms with Crippen molar-refractivity contribution in [2.24, 2.45) is 21.8 Å². The molecule has 1 N–H and O–H groups in total. The van der Waals surface area contributed by atoms with Crippen LogP contribution in [0.1, 0.15) is 40.1 Å². The molecule has 1 saturated heterocycles. The van der Waals surface area contributed by atoms with Crippen LogP contribution in [0, 0.1) is 11.8 Å². The van der Waals surface area contributed by atoms with E-state index in [1.807, 2.05) is 12.1 Å². The summed E-state index contributed by atoms with van der Waals surface area (Å²) in [7, 11) is 0. The summed E-state index contributed by atoms with van der Waals surface area (Å²) in [5, 5.41) is 4.61. The molecule has 224 valence electrons. The molecule has 6 unspecified atom stereocenters. The third kappa shape index (κ3) is 4.78. The second-order valence-corrected chi connectivity index (χ2v) is 13.8. The largest absolute Gasteiger partial charge is 0.334 e. The lowest BCUT2D eigenvalue weighted by Crippen LogP contribution is -2.36. The number of hydrogen-bond donors (Lipinski definition) is 1. The number of allylic oxidation sites excluding steroid dienone is 4. The second-order valence-electron chi connectivity index (χ2n) is 12.5. The van der Waals surface area contributed by atoms with E-state index in [1.165, 1.54) is 23.4 Å². The van der Waals surface area contributed by atoms with Crippen LogP contribution in [0.25, 0.3) is 0 Å². The molecule has 0 spiro atoms. The number of hydrogen-bond acceptors (Lipinski definition) is 5. The Morgan fingerprint density at radius 3 is 2.13 bits per heavy atom. The molecular formula is C41H34N4S. The van der Waals surface area contributed by atoms with Crippen molar-refractivity contribution in [3.05, 3.63) is 185 Å². The van der Waals surface area contributed by atoms with E-state index >= 15 is 0 Å². The van der Waals surface area contributed by atoms with Gasteiger partial charge in [-0.05, 0) is 47.2 Å². The van der Waals surface area contributed by atoms with Gasteiger partial charge in [0.05, 0.1) is 6.04 Å². The molecule has 5 aliphatic rings. The van der Waals surface area contributed by atoms with Crippen LogP contribution in [-0.4, -0.2) is 23.0 Å². The number of nitrogens with zero attached hydrogens (tertiary/aromatic N) is 3. The van der Waals surface area contributed by atoms with Gasteiger partial charge in [-0.15, -0.1) is 11.8 Å². The highest BCUT2D eigenvalue weighted by molar-refractivity contribution is 8.00. The van der Waals surface area contributed by atoms with Crippen molar-refractivity contribution in [1.82, 2.24) is 5.32 Å². The van der Waals surface area contributed by atoms with E-state index in [0.29, 0.717) is 22.3 Å². The molecule has 46 heavy (non-hydrogen) atoms. The van der Waals surface area contributed by atoms with Crippen LogP contribution in [-0.2, 0) is 0 Å². The maximum absolute atomic E-state index is 5.15. The first-order valence-corrected chi connectivity index (χ1v) is 17.1. The summed E-state index contributed by atoms with van der Waals surface area (Å²) < 4.78 is 0. The minimum atomic E-state index is -0.316. The minimum Gasteiger partial charge on any atom is -0.334 e. The fourth-order valence-corrected chi connectivity index (χ4v) is 9.45. The van der Waals surface area contributed by atoms with E-state index in [0.717, 1.165) is 28.4 Å². The standard InChI is InChI=1S/C41H34N4S/c1-4-13-27(14-5-1)36-26-30-23-24-35-37(38(30)46-36)33-21-10-11-22-34(33)45(35)32-20-12-19-31(25-32)41-43-39(28-15-6-2-7-16-28)42-40(44-41)29-17-8-3-9-18-29/h1-25,30,33-34,36,38-39H,26H2,(H,42,43,44). The van der Waals surface area contributed by atoms with E-state index in [9.17, 15) is 0 Å². The minimum absolute atomic E-state index is 0.254. The smallest absolute Gasteiger partial charge is 0.169 e. The number of aliphatic imine (C=N–C) groups is 2. The number of anilines is 1. The molecule has 4 aromatic carbocycles. The summed E-state index contributed by atoms with van der Waals surface area (Å²) in [5.41, 5.74) is 8.76. The number of benzene rings is 4. The zero-order valence-corrected chi connectivity index (χ0v) is 26.2. The maximum Gasteiger partial charge on any atom is 0.169 e. The highest BCUT2D eigenvalue weighted by Crippen LogP contribution is 2.58. The molecule has 6 atom stereocenters. The summed E-state index contributed by atoms with van der Waals surface area (Å²) in [6.07, 6.45) is 15.0. The Balaban J connectivity index is 1.08. The number of rotatable bonds is 5. The molecule has 5 heteroatoms. The molecule has 0 bridgehead atoms. The predicted molar refractivity (Wildman–Crippen MR) is 191 cm³/mol. The molecule has 9 rings (SSSR count). The summed E-state index contributed by atoms with van der Waals surface area (Å²) in [5.74, 6) is 2.60. The molecule has 0 aromatic heterocycles. The maximum atomic E-state index is 5.15. The van der Waals surface area contributed by atoms with E-state index in [4.69, 9.17) is 9.98 Å². The molecule has 3 heterocycles. The zero-order chi connectivity index (χ0) is 30.5. The highest BCUT2D eigenvalue weighted by atomic mass is 32.2. The van der Waals surface area contributed by atoms with Crippen LogP contribution in [0.15, 0.2) is 173 Å². The third-order valence-corrected chi connectivity index (χ3v) is 11.5. The Bertz CT molecular complexity index is 1960. The van der Waals surface area contributed by atoms with Crippen molar-refractivity contribution in [2.75, 3.05) is 4.90 Å². The van der Waals surface area contributed by atoms with E-state index in [2.05, 4.69) is 162 Å². The van der Waals surface area contributed by atoms with Crippen LogP contribution in [0.5, 0.6) is 0 Å². The molecule has 0 radical (unpaired) electrons. The molecule has 1 fully saturated rings. The first-order valence-electron chi connectivity index (χ1n) is 16.2. The summed E-state index contributed by atoms with van der Waals surface area (Å²) in [4.78, 5) is 12.8. The third-order valence-electron chi connectivity index (χ3n) is 9.77. The van der Waals surface area contributed by atoms with Crippen molar-refractivity contribution < 1.29 is 0 Å². The Labute approximate surface area is 274 Å². The number of nitrogens with one attached hydrogen (secondary N) is 1. The Morgan fingerprint density at radius 2 is 1.35 bits per heavy atom. The van der Waals surface area contributed by atoms with E-state index in [1.54, 1.807) is 5.57 Å². The van der Waals surface area contributed by atoms with Crippen molar-refractivity contribution in [3.8, 4) is 0 Å². The quantitative estimate of drug-likeness (QED) is 0.244. The van der Waals surface area contributed by atoms with Gasteiger partial charge in [0.25, 0.3) is 0 Å². The van der Waals surface area contributed by atoms with Gasteiger partial charge in [0.15, 0.2) is 6.17 Å². The monoisotopic (exact) mass is 614 g/mol. The molecule has 0 saturated carbocycles. The Hall–Kier alpha value is -4.87. The first-order chi connectivity index (χ1) is 22.8. The Kier molecular flexibility index (Phi) is 6.85. The van der Waals surface area contributed by atoms with Crippen molar-refractivity contribution in [3.63, 3.8) is 0 Å². The van der Waals surface area contributed by atoms with Gasteiger partial charge in [-0.2, -0.15) is 0 Å². The number of thioether (sulfide) groups is 1. The van der Waals surface area contributed by atoms with E-state index in [-0.39, 0.29) is 12.2 Å². The molecule has 4 nitrogen and oxygen atoms in total. The molecule has 3 aliphatic heterocycles. The van der Waals surface area contributed by atoms with Crippen molar-refractivity contribution in [2.45, 2.75) is 29.1 Å². The lowest BCUT2D eigenvalue weighted by Gasteiger charge is -2.31. The van der Waals surface area contributed by atoms with Crippen LogP contribution < -0.4 is 10.2 Å². The molecule has 2 aliphatic carbocycles. The van der Waals surface area contributed by atoms with Crippen LogP contribution in [0.3, 0.4) is 0 Å². The van der Waals surface area contributed by atoms with Crippen molar-refractivity contribution in [1.29, 1.82) is 0 Å². The van der Waals surface area contributed by atoms with Crippen LogP contribution >= 0.6 is 11.8 Å². The SMILES string of the molecule is C1=CC2C3=C(C=CC4CC(c5ccccc5)SC34)N(c3cccc(C4=NC(c5ccccc5)N=C(c5ccccc5)N4)c3)C2C=C1. The lowest BCUT2D eigenvalue weighted by molar-refractivity contribution is 0.586. The van der Waals surface area contributed by atoms with Crippen LogP contribution in [0.4, 0.5) is 5.69 Å². The van der Waals surface area contributed by atoms with Crippen LogP contribution in [0.2, 0.25) is 0 Å². The van der Waals surface area contributed by atoms with Gasteiger partial charge in [0.1, 0.15) is 11.7 Å². The van der Waals surface area contributed by atoms with Gasteiger partial charge in [0.2, 0.25) is 0 Å². The molecular weight excluding hydrogens is 581 g/mol. The van der Waals surface area contributed by atoms with Gasteiger partial charge >= 0.3 is 0 Å². The summed E-state index contributed by atoms with van der Waals surface area (Å²) in [6.45, 7) is 0. The average Bonchev–Trinajstić information content (AvgIpc) is 3.72. The number of fused-ring (bicyclic) bond motifs is 4. The van der Waals surface area contributed by atoms with Gasteiger partial charge in [-0.1, -0.05) is 134 Å². The lowest BCUT2D eigenvalue weighted by atomic mass is 9.81. The van der Waals surface area contributed by atoms with Gasteiger partial charge in [0, 0.05) is 38.9 Å². The predicted octanol–water partition coefficient (Wildman–Crippen LogP) is 8.80. The van der Waals surface area contributed by atoms with Gasteiger partial charge in [-0.25, -0.2) is 9.98 Å². The summed E-state index contributed by atoms with van der Waals surface area (Å²) >= 11 is 2.16. The highest BCUT2D eigenvalue weighted by Gasteiger charge is 2.48. The van der Waals surface area contributed by atoms with E-state index < -0.39 is 0 Å². The van der Waals surface area contributed by atoms with Gasteiger partial charge < -0.3 is 10.2 Å². The fourth-order valence-electron chi connectivity index (χ4n) is 7.62. The molecule has 4 aromatic rings. The normalized spacial score (nSPS) is 27.4. The first kappa shape index (κ1) is 27.4.